The summed E-state index contributed by atoms with van der Waals surface area (Å²) in [5.41, 5.74) is 5.19. The molecule has 1 heteroatoms. The zero-order valence-corrected chi connectivity index (χ0v) is 13.2. The first-order valence-electron chi connectivity index (χ1n) is 8.59. The van der Waals surface area contributed by atoms with Crippen molar-refractivity contribution in [3.63, 3.8) is 0 Å². The smallest absolute Gasteiger partial charge is 0.0758 e. The predicted molar refractivity (Wildman–Crippen MR) is 82.2 cm³/mol. The van der Waals surface area contributed by atoms with Crippen LogP contribution in [0.5, 0.6) is 0 Å². The van der Waals surface area contributed by atoms with Crippen LogP contribution in [0.3, 0.4) is 0 Å². The molecular formula is C19H28O. The molecule has 0 saturated heterocycles. The second-order valence-electron chi connectivity index (χ2n) is 8.28. The van der Waals surface area contributed by atoms with Crippen molar-refractivity contribution in [1.29, 1.82) is 0 Å². The highest BCUT2D eigenvalue weighted by atomic mass is 16.3. The van der Waals surface area contributed by atoms with E-state index in [1.165, 1.54) is 31.3 Å². The summed E-state index contributed by atoms with van der Waals surface area (Å²) in [5.74, 6) is 3.03. The Balaban J connectivity index is 1.91. The van der Waals surface area contributed by atoms with Gasteiger partial charge < -0.3 is 5.11 Å². The van der Waals surface area contributed by atoms with Gasteiger partial charge in [0.25, 0.3) is 0 Å². The van der Waals surface area contributed by atoms with Crippen LogP contribution in [0, 0.1) is 29.1 Å². The lowest BCUT2D eigenvalue weighted by molar-refractivity contribution is 0.0702. The molecule has 1 fully saturated rings. The second kappa shape index (κ2) is 4.22. The Morgan fingerprint density at radius 2 is 2.05 bits per heavy atom. The summed E-state index contributed by atoms with van der Waals surface area (Å²) in [6.45, 7) is 7.26. The van der Waals surface area contributed by atoms with Gasteiger partial charge in [0.15, 0.2) is 0 Å². The van der Waals surface area contributed by atoms with E-state index in [0.717, 1.165) is 36.5 Å². The molecule has 0 aliphatic heterocycles. The van der Waals surface area contributed by atoms with Gasteiger partial charge in [-0.05, 0) is 80.1 Å². The minimum atomic E-state index is -0.140. The van der Waals surface area contributed by atoms with Crippen LogP contribution in [0.15, 0.2) is 22.8 Å². The molecule has 4 aliphatic rings. The predicted octanol–water partition coefficient (Wildman–Crippen LogP) is 4.48. The number of allylic oxidation sites excluding steroid dienone is 3. The number of hydrogen-bond acceptors (Lipinski definition) is 1. The van der Waals surface area contributed by atoms with E-state index in [0.29, 0.717) is 5.41 Å². The fraction of sp³-hybridized carbons (Fsp3) is 0.789. The van der Waals surface area contributed by atoms with E-state index in [1.54, 1.807) is 11.1 Å². The average molecular weight is 272 g/mol. The summed E-state index contributed by atoms with van der Waals surface area (Å²) in [5, 5.41) is 10.7. The van der Waals surface area contributed by atoms with Crippen molar-refractivity contribution in [2.75, 3.05) is 0 Å². The topological polar surface area (TPSA) is 20.2 Å². The molecule has 0 spiro atoms. The van der Waals surface area contributed by atoms with Crippen LogP contribution in [0.2, 0.25) is 0 Å². The zero-order chi connectivity index (χ0) is 14.1. The minimum Gasteiger partial charge on any atom is -0.389 e. The van der Waals surface area contributed by atoms with E-state index >= 15 is 0 Å². The highest BCUT2D eigenvalue weighted by Crippen LogP contribution is 2.63. The Morgan fingerprint density at radius 1 is 1.25 bits per heavy atom. The lowest BCUT2D eigenvalue weighted by Crippen LogP contribution is -2.42. The number of aliphatic hydroxyl groups excluding tert-OH is 1. The molecule has 0 aromatic carbocycles. The van der Waals surface area contributed by atoms with Crippen LogP contribution in [-0.4, -0.2) is 11.2 Å². The zero-order valence-electron chi connectivity index (χ0n) is 13.2. The van der Waals surface area contributed by atoms with E-state index in [9.17, 15) is 5.11 Å². The fourth-order valence-corrected chi connectivity index (χ4v) is 6.06. The maximum Gasteiger partial charge on any atom is 0.0758 e. The maximum absolute atomic E-state index is 10.7. The summed E-state index contributed by atoms with van der Waals surface area (Å²) >= 11 is 0. The molecular weight excluding hydrogens is 244 g/mol. The number of hydrogen-bond donors (Lipinski definition) is 1. The highest BCUT2D eigenvalue weighted by Gasteiger charge is 2.55. The molecule has 1 nitrogen and oxygen atoms in total. The molecule has 0 aromatic heterocycles. The second-order valence-corrected chi connectivity index (χ2v) is 8.28. The summed E-state index contributed by atoms with van der Waals surface area (Å²) in [4.78, 5) is 0. The van der Waals surface area contributed by atoms with Gasteiger partial charge in [0.1, 0.15) is 0 Å². The number of aliphatic hydroxyl groups is 1. The van der Waals surface area contributed by atoms with E-state index in [2.05, 4.69) is 26.8 Å². The normalized spacial score (nSPS) is 50.6. The molecule has 0 bridgehead atoms. The van der Waals surface area contributed by atoms with Gasteiger partial charge in [-0.15, -0.1) is 0 Å². The quantitative estimate of drug-likeness (QED) is 0.645. The minimum absolute atomic E-state index is 0.140. The Bertz CT molecular complexity index is 500. The highest BCUT2D eigenvalue weighted by molar-refractivity contribution is 5.38. The van der Waals surface area contributed by atoms with Crippen molar-refractivity contribution in [3.05, 3.63) is 22.8 Å². The van der Waals surface area contributed by atoms with Crippen LogP contribution in [-0.2, 0) is 0 Å². The summed E-state index contributed by atoms with van der Waals surface area (Å²) in [6, 6.07) is 0. The van der Waals surface area contributed by atoms with Gasteiger partial charge >= 0.3 is 0 Å². The standard InChI is InChI=1S/C19H28O/c1-11-5-7-15-16(20)10-19(3)9-8-14-12(2)4-6-13(11)17(15)18(14)19/h4,11,13-14,16,18,20H,5-10H2,1-3H3/t11-,13-,14+,16+,18+,19-/m1/s1. The molecule has 0 aromatic rings. The molecule has 1 saturated carbocycles. The Morgan fingerprint density at radius 3 is 2.85 bits per heavy atom. The monoisotopic (exact) mass is 272 g/mol. The third-order valence-electron chi connectivity index (χ3n) is 7.18. The molecule has 110 valence electrons. The number of rotatable bonds is 0. The van der Waals surface area contributed by atoms with Crippen molar-refractivity contribution in [1.82, 2.24) is 0 Å². The van der Waals surface area contributed by atoms with Gasteiger partial charge in [-0.25, -0.2) is 0 Å². The van der Waals surface area contributed by atoms with Crippen molar-refractivity contribution < 1.29 is 5.11 Å². The third kappa shape index (κ3) is 1.59. The Kier molecular flexibility index (Phi) is 2.77. The molecule has 1 N–H and O–H groups in total. The van der Waals surface area contributed by atoms with E-state index in [-0.39, 0.29) is 6.10 Å². The molecule has 4 aliphatic carbocycles. The lowest BCUT2D eigenvalue weighted by atomic mass is 9.57. The van der Waals surface area contributed by atoms with Gasteiger partial charge in [0.05, 0.1) is 6.10 Å². The SMILES string of the molecule is CC1=CC[C@H]2C3=C(CC[C@H]2C)[C@@H](O)C[C@@]2(C)CC[C@@H]1[C@@H]32. The molecule has 0 unspecified atom stereocenters. The van der Waals surface area contributed by atoms with E-state index in [4.69, 9.17) is 0 Å². The first-order valence-corrected chi connectivity index (χ1v) is 8.59. The van der Waals surface area contributed by atoms with Crippen molar-refractivity contribution in [2.24, 2.45) is 29.1 Å². The molecule has 20 heavy (non-hydrogen) atoms. The summed E-state index contributed by atoms with van der Waals surface area (Å²) in [6.07, 6.45) is 9.73. The first kappa shape index (κ1) is 13.1. The Labute approximate surface area is 123 Å². The molecule has 6 atom stereocenters. The maximum atomic E-state index is 10.7. The van der Waals surface area contributed by atoms with Crippen molar-refractivity contribution in [2.45, 2.75) is 65.4 Å². The van der Waals surface area contributed by atoms with Crippen LogP contribution < -0.4 is 0 Å². The Hall–Kier alpha value is -0.560. The summed E-state index contributed by atoms with van der Waals surface area (Å²) < 4.78 is 0. The van der Waals surface area contributed by atoms with Crippen LogP contribution in [0.4, 0.5) is 0 Å². The fourth-order valence-electron chi connectivity index (χ4n) is 6.06. The van der Waals surface area contributed by atoms with E-state index < -0.39 is 0 Å². The van der Waals surface area contributed by atoms with Crippen molar-refractivity contribution >= 4 is 0 Å². The lowest BCUT2D eigenvalue weighted by Gasteiger charge is -2.49. The van der Waals surface area contributed by atoms with Gasteiger partial charge in [-0.1, -0.05) is 31.1 Å². The molecule has 4 rings (SSSR count). The molecule has 0 heterocycles. The third-order valence-corrected chi connectivity index (χ3v) is 7.18. The summed E-state index contributed by atoms with van der Waals surface area (Å²) in [7, 11) is 0. The average Bonchev–Trinajstić information content (AvgIpc) is 2.65. The van der Waals surface area contributed by atoms with Crippen LogP contribution in [0.25, 0.3) is 0 Å². The van der Waals surface area contributed by atoms with Gasteiger partial charge in [0.2, 0.25) is 0 Å². The van der Waals surface area contributed by atoms with Crippen molar-refractivity contribution in [3.8, 4) is 0 Å². The molecule has 0 amide bonds. The van der Waals surface area contributed by atoms with E-state index in [1.807, 2.05) is 0 Å². The van der Waals surface area contributed by atoms with Crippen LogP contribution in [0.1, 0.15) is 59.3 Å². The van der Waals surface area contributed by atoms with Gasteiger partial charge in [-0.3, -0.25) is 0 Å². The van der Waals surface area contributed by atoms with Crippen LogP contribution >= 0.6 is 0 Å². The van der Waals surface area contributed by atoms with Gasteiger partial charge in [0, 0.05) is 0 Å². The first-order chi connectivity index (χ1) is 9.51. The molecule has 0 radical (unpaired) electrons. The largest absolute Gasteiger partial charge is 0.389 e. The van der Waals surface area contributed by atoms with Gasteiger partial charge in [-0.2, -0.15) is 0 Å².